The molecule has 214 valence electrons. The van der Waals surface area contributed by atoms with Crippen molar-refractivity contribution < 1.29 is 27.5 Å². The number of carbonyl (C=O) groups excluding carboxylic acids is 2. The van der Waals surface area contributed by atoms with Gasteiger partial charge in [-0.05, 0) is 68.3 Å². The van der Waals surface area contributed by atoms with Crippen molar-refractivity contribution in [3.63, 3.8) is 0 Å². The number of amides is 3. The second-order valence-electron chi connectivity index (χ2n) is 9.76. The van der Waals surface area contributed by atoms with Crippen LogP contribution in [0.2, 0.25) is 0 Å². The van der Waals surface area contributed by atoms with Gasteiger partial charge in [0.15, 0.2) is 0 Å². The van der Waals surface area contributed by atoms with Gasteiger partial charge in [0.1, 0.15) is 30.1 Å². The largest absolute Gasteiger partial charge is 0.492 e. The molecule has 1 atom stereocenters. The van der Waals surface area contributed by atoms with Gasteiger partial charge in [-0.25, -0.2) is 14.8 Å². The third-order valence-corrected chi connectivity index (χ3v) is 6.80. The highest BCUT2D eigenvalue weighted by Gasteiger charge is 2.32. The van der Waals surface area contributed by atoms with Gasteiger partial charge in [-0.3, -0.25) is 9.69 Å². The van der Waals surface area contributed by atoms with Crippen molar-refractivity contribution in [1.29, 1.82) is 0 Å². The number of aromatic nitrogens is 3. The van der Waals surface area contributed by atoms with Crippen LogP contribution in [0.4, 0.5) is 35.2 Å². The number of hydrogen-bond donors (Lipinski definition) is 4. The molecule has 0 spiro atoms. The Hall–Kier alpha value is -4.65. The molecule has 1 aliphatic heterocycles. The normalized spacial score (nSPS) is 15.1. The Bertz CT molecular complexity index is 1580. The molecule has 1 unspecified atom stereocenters. The lowest BCUT2D eigenvalue weighted by molar-refractivity contribution is -0.137. The van der Waals surface area contributed by atoms with Gasteiger partial charge in [0.2, 0.25) is 0 Å². The first kappa shape index (κ1) is 27.9. The van der Waals surface area contributed by atoms with Gasteiger partial charge in [-0.2, -0.15) is 13.2 Å². The van der Waals surface area contributed by atoms with Crippen LogP contribution in [0, 0.1) is 6.92 Å². The minimum atomic E-state index is -4.66. The topological polar surface area (TPSA) is 124 Å². The maximum atomic E-state index is 13.6. The van der Waals surface area contributed by atoms with Gasteiger partial charge in [-0.15, -0.1) is 0 Å². The summed E-state index contributed by atoms with van der Waals surface area (Å²) in [6, 6.07) is 9.07. The van der Waals surface area contributed by atoms with E-state index < -0.39 is 23.7 Å². The van der Waals surface area contributed by atoms with Crippen molar-refractivity contribution in [2.24, 2.45) is 0 Å². The first-order valence-corrected chi connectivity index (χ1v) is 12.9. The van der Waals surface area contributed by atoms with E-state index in [1.54, 1.807) is 38.4 Å². The Balaban J connectivity index is 1.32. The monoisotopic (exact) mass is 567 g/mol. The average molecular weight is 568 g/mol. The van der Waals surface area contributed by atoms with Gasteiger partial charge >= 0.3 is 12.2 Å². The quantitative estimate of drug-likeness (QED) is 0.239. The number of ether oxygens (including phenoxy) is 1. The lowest BCUT2D eigenvalue weighted by Gasteiger charge is -2.19. The molecule has 0 radical (unpaired) electrons. The number of benzene rings is 2. The van der Waals surface area contributed by atoms with Crippen LogP contribution in [-0.4, -0.2) is 53.1 Å². The van der Waals surface area contributed by atoms with Crippen molar-refractivity contribution in [3.8, 4) is 5.75 Å². The predicted molar refractivity (Wildman–Crippen MR) is 148 cm³/mol. The van der Waals surface area contributed by atoms with E-state index in [0.717, 1.165) is 31.5 Å². The maximum absolute atomic E-state index is 13.6. The van der Waals surface area contributed by atoms with E-state index in [9.17, 15) is 22.8 Å². The Kier molecular flexibility index (Phi) is 7.79. The summed E-state index contributed by atoms with van der Waals surface area (Å²) < 4.78 is 46.4. The number of aromatic amines is 1. The summed E-state index contributed by atoms with van der Waals surface area (Å²) in [6.07, 6.45) is 0.205. The van der Waals surface area contributed by atoms with Crippen LogP contribution in [0.25, 0.3) is 11.0 Å². The van der Waals surface area contributed by atoms with E-state index in [2.05, 4.69) is 30.9 Å². The van der Waals surface area contributed by atoms with Crippen LogP contribution >= 0.6 is 0 Å². The van der Waals surface area contributed by atoms with Crippen molar-refractivity contribution in [2.45, 2.75) is 32.0 Å². The number of H-pyrrole nitrogens is 1. The molecule has 41 heavy (non-hydrogen) atoms. The summed E-state index contributed by atoms with van der Waals surface area (Å²) in [5.41, 5.74) is 0.767. The number of nitrogens with zero attached hydrogens (tertiary/aromatic N) is 3. The number of urea groups is 1. The van der Waals surface area contributed by atoms with E-state index in [1.165, 1.54) is 23.4 Å². The van der Waals surface area contributed by atoms with Crippen molar-refractivity contribution >= 4 is 40.2 Å². The van der Waals surface area contributed by atoms with Gasteiger partial charge in [-0.1, -0.05) is 6.07 Å². The molecular formula is C28H28F3N7O3. The third-order valence-electron chi connectivity index (χ3n) is 6.80. The number of carbonyl (C=O) groups is 2. The molecule has 2 aromatic heterocycles. The molecule has 3 heterocycles. The molecule has 2 aromatic carbocycles. The minimum absolute atomic E-state index is 0.0418. The molecule has 0 bridgehead atoms. The van der Waals surface area contributed by atoms with Gasteiger partial charge in [0.25, 0.3) is 5.91 Å². The highest BCUT2D eigenvalue weighted by Crippen LogP contribution is 2.33. The molecule has 5 rings (SSSR count). The van der Waals surface area contributed by atoms with Crippen molar-refractivity contribution in [1.82, 2.24) is 20.3 Å². The summed E-state index contributed by atoms with van der Waals surface area (Å²) in [5.74, 6) is -0.406. The number of anilines is 3. The van der Waals surface area contributed by atoms with Crippen LogP contribution < -0.4 is 25.6 Å². The van der Waals surface area contributed by atoms with Crippen molar-refractivity contribution in [2.75, 3.05) is 35.7 Å². The number of fused-ring (bicyclic) bond motifs is 1. The zero-order valence-electron chi connectivity index (χ0n) is 22.3. The Labute approximate surface area is 233 Å². The van der Waals surface area contributed by atoms with Crippen LogP contribution in [0.1, 0.15) is 34.3 Å². The predicted octanol–water partition coefficient (Wildman–Crippen LogP) is 5.34. The molecule has 3 amide bonds. The number of nitrogens with one attached hydrogen (secondary N) is 4. The number of hydrogen-bond acceptors (Lipinski definition) is 6. The highest BCUT2D eigenvalue weighted by molar-refractivity contribution is 6.07. The van der Waals surface area contributed by atoms with Crippen LogP contribution in [0.3, 0.4) is 0 Å². The standard InChI is InChI=1S/C28H28F3N7O3/c1-16-5-6-19(13-23(16)37-27(40)38(2)25-22-7-9-33-24(22)34-15-35-25)36-26(39)17-10-18(28(29,30)31)12-21(11-17)41-14-20-4-3-8-32-20/h5-7,9-13,15,20,32H,3-4,8,14H2,1-2H3,(H,36,39)(H,37,40)(H,33,34,35). The summed E-state index contributed by atoms with van der Waals surface area (Å²) in [4.78, 5) is 38.7. The Morgan fingerprint density at radius 3 is 2.71 bits per heavy atom. The van der Waals surface area contributed by atoms with E-state index in [4.69, 9.17) is 4.74 Å². The second-order valence-corrected chi connectivity index (χ2v) is 9.76. The molecule has 4 aromatic rings. The van der Waals surface area contributed by atoms with E-state index in [1.807, 2.05) is 0 Å². The fourth-order valence-electron chi connectivity index (χ4n) is 4.53. The Morgan fingerprint density at radius 2 is 1.95 bits per heavy atom. The van der Waals surface area contributed by atoms with Gasteiger partial charge < -0.3 is 25.7 Å². The number of alkyl halides is 3. The lowest BCUT2D eigenvalue weighted by atomic mass is 10.1. The van der Waals surface area contributed by atoms with Crippen molar-refractivity contribution in [3.05, 3.63) is 71.7 Å². The summed E-state index contributed by atoms with van der Waals surface area (Å²) in [5, 5.41) is 9.29. The molecule has 0 aliphatic carbocycles. The van der Waals surface area contributed by atoms with E-state index in [0.29, 0.717) is 28.1 Å². The SMILES string of the molecule is Cc1ccc(NC(=O)c2cc(OCC3CCCN3)cc(C(F)(F)F)c2)cc1NC(=O)N(C)c1ncnc2[nH]ccc12. The van der Waals surface area contributed by atoms with Gasteiger partial charge in [0, 0.05) is 36.2 Å². The fraction of sp³-hybridized carbons (Fsp3) is 0.286. The molecular weight excluding hydrogens is 539 g/mol. The molecule has 1 fully saturated rings. The summed E-state index contributed by atoms with van der Waals surface area (Å²) >= 11 is 0. The maximum Gasteiger partial charge on any atom is 0.416 e. The van der Waals surface area contributed by atoms with E-state index in [-0.39, 0.29) is 29.6 Å². The smallest absolute Gasteiger partial charge is 0.416 e. The minimum Gasteiger partial charge on any atom is -0.492 e. The Morgan fingerprint density at radius 1 is 1.12 bits per heavy atom. The third kappa shape index (κ3) is 6.40. The average Bonchev–Trinajstić information content (AvgIpc) is 3.65. The number of aryl methyl sites for hydroxylation is 1. The molecule has 13 heteroatoms. The van der Waals surface area contributed by atoms with Crippen LogP contribution in [-0.2, 0) is 6.18 Å². The summed E-state index contributed by atoms with van der Waals surface area (Å²) in [6.45, 7) is 2.80. The molecule has 0 saturated carbocycles. The van der Waals surface area contributed by atoms with Crippen LogP contribution in [0.5, 0.6) is 5.75 Å². The molecule has 1 saturated heterocycles. The highest BCUT2D eigenvalue weighted by atomic mass is 19.4. The molecule has 4 N–H and O–H groups in total. The van der Waals surface area contributed by atoms with E-state index >= 15 is 0 Å². The first-order chi connectivity index (χ1) is 19.6. The lowest BCUT2D eigenvalue weighted by Crippen LogP contribution is -2.32. The molecule has 10 nitrogen and oxygen atoms in total. The summed E-state index contributed by atoms with van der Waals surface area (Å²) in [7, 11) is 1.56. The second kappa shape index (κ2) is 11.5. The number of halogens is 3. The molecule has 1 aliphatic rings. The zero-order chi connectivity index (χ0) is 29.1. The first-order valence-electron chi connectivity index (χ1n) is 12.9. The number of rotatable bonds is 7. The van der Waals surface area contributed by atoms with Gasteiger partial charge in [0.05, 0.1) is 10.9 Å². The fourth-order valence-corrected chi connectivity index (χ4v) is 4.53. The van der Waals surface area contributed by atoms with Crippen LogP contribution in [0.15, 0.2) is 55.0 Å². The zero-order valence-corrected chi connectivity index (χ0v) is 22.3.